The summed E-state index contributed by atoms with van der Waals surface area (Å²) in [5.41, 5.74) is -2.30. The quantitative estimate of drug-likeness (QED) is 0.436. The van der Waals surface area contributed by atoms with Crippen LogP contribution >= 0.6 is 9.03 Å². The Balaban J connectivity index is 1.76. The minimum absolute atomic E-state index is 0.214. The molecule has 3 heterocycles. The maximum Gasteiger partial charge on any atom is 0.330 e. The molecule has 11 heteroatoms. The van der Waals surface area contributed by atoms with E-state index in [-0.39, 0.29) is 6.61 Å². The van der Waals surface area contributed by atoms with Crippen molar-refractivity contribution in [3.05, 3.63) is 32.6 Å². The van der Waals surface area contributed by atoms with Crippen molar-refractivity contribution >= 4 is 15.3 Å². The number of aromatic amines is 1. The molecule has 10 nitrogen and oxygen atoms in total. The highest BCUT2D eigenvalue weighted by Crippen LogP contribution is 2.51. The monoisotopic (exact) mass is 411 g/mol. The van der Waals surface area contributed by atoms with Gasteiger partial charge in [0.1, 0.15) is 18.8 Å². The minimum atomic E-state index is -1.50. The van der Waals surface area contributed by atoms with E-state index >= 15 is 0 Å². The van der Waals surface area contributed by atoms with Gasteiger partial charge in [-0.05, 0) is 19.8 Å². The first kappa shape index (κ1) is 19.6. The van der Waals surface area contributed by atoms with Crippen LogP contribution in [0, 0.1) is 6.92 Å². The van der Waals surface area contributed by atoms with Gasteiger partial charge >= 0.3 is 5.69 Å². The summed E-state index contributed by atoms with van der Waals surface area (Å²) in [7, 11) is 2.86. The van der Waals surface area contributed by atoms with Gasteiger partial charge in [-0.25, -0.2) is 9.63 Å². The van der Waals surface area contributed by atoms with Crippen LogP contribution in [-0.4, -0.2) is 46.0 Å². The zero-order valence-corrected chi connectivity index (χ0v) is 16.4. The third-order valence-corrected chi connectivity index (χ3v) is 5.81. The van der Waals surface area contributed by atoms with Crippen LogP contribution in [0.25, 0.3) is 0 Å². The molecule has 3 fully saturated rings. The molecule has 3 aliphatic rings. The van der Waals surface area contributed by atoms with Gasteiger partial charge in [-0.15, -0.1) is 4.91 Å². The molecule has 1 aromatic rings. The summed E-state index contributed by atoms with van der Waals surface area (Å²) < 4.78 is 19.8. The lowest BCUT2D eigenvalue weighted by Crippen LogP contribution is -2.49. The van der Waals surface area contributed by atoms with Gasteiger partial charge in [0.2, 0.25) is 0 Å². The summed E-state index contributed by atoms with van der Waals surface area (Å²) in [6, 6.07) is 0. The highest BCUT2D eigenvalue weighted by atomic mass is 31.0. The number of H-pyrrole nitrogens is 1. The highest BCUT2D eigenvalue weighted by molar-refractivity contribution is 7.03. The number of rotatable bonds is 5. The Labute approximate surface area is 162 Å². The molecule has 1 aromatic heterocycles. The van der Waals surface area contributed by atoms with Gasteiger partial charge in [-0.2, -0.15) is 0 Å². The second-order valence-electron chi connectivity index (χ2n) is 7.52. The second kappa shape index (κ2) is 7.27. The van der Waals surface area contributed by atoms with Crippen LogP contribution in [-0.2, 0) is 23.8 Å². The van der Waals surface area contributed by atoms with Gasteiger partial charge in [0.15, 0.2) is 23.9 Å². The number of fused-ring (bicyclic) bond motifs is 1. The molecule has 2 saturated heterocycles. The van der Waals surface area contributed by atoms with Gasteiger partial charge in [0.05, 0.1) is 0 Å². The number of aryl methyl sites for hydroxylation is 1. The Morgan fingerprint density at radius 3 is 2.75 bits per heavy atom. The lowest BCUT2D eigenvalue weighted by molar-refractivity contribution is -0.248. The molecule has 4 atom stereocenters. The fourth-order valence-electron chi connectivity index (χ4n) is 4.28. The summed E-state index contributed by atoms with van der Waals surface area (Å²) in [5, 5.41) is 0. The molecule has 1 aliphatic carbocycles. The van der Waals surface area contributed by atoms with Crippen LogP contribution in [0.4, 0.5) is 0 Å². The predicted octanol–water partition coefficient (Wildman–Crippen LogP) is 1.01. The molecule has 0 aromatic carbocycles. The molecule has 1 unspecified atom stereocenters. The van der Waals surface area contributed by atoms with Gasteiger partial charge in [-0.3, -0.25) is 19.1 Å². The number of hydrogen-bond donors (Lipinski definition) is 1. The third kappa shape index (κ3) is 3.09. The summed E-state index contributed by atoms with van der Waals surface area (Å²) in [5.74, 6) is -0.810. The molecular weight excluding hydrogens is 389 g/mol. The molecule has 4 rings (SSSR count). The molecular formula is C17H22N3O7P. The number of aldehydes is 1. The molecule has 152 valence electrons. The maximum atomic E-state index is 12.4. The van der Waals surface area contributed by atoms with Crippen LogP contribution in [0.15, 0.2) is 20.7 Å². The molecule has 0 amide bonds. The van der Waals surface area contributed by atoms with E-state index in [1.807, 2.05) is 0 Å². The van der Waals surface area contributed by atoms with Crippen molar-refractivity contribution in [3.63, 3.8) is 0 Å². The van der Waals surface area contributed by atoms with Crippen LogP contribution in [0.1, 0.15) is 43.9 Å². The summed E-state index contributed by atoms with van der Waals surface area (Å²) in [6.45, 7) is 1.36. The summed E-state index contributed by atoms with van der Waals surface area (Å²) in [6.07, 6.45) is 3.93. The zero-order chi connectivity index (χ0) is 19.9. The number of hydrogen-bond acceptors (Lipinski definition) is 8. The average molecular weight is 411 g/mol. The number of nitrogens with zero attached hydrogens (tertiary/aromatic N) is 2. The number of ether oxygens (including phenoxy) is 3. The maximum absolute atomic E-state index is 12.4. The van der Waals surface area contributed by atoms with E-state index in [1.54, 1.807) is 6.92 Å². The van der Waals surface area contributed by atoms with Gasteiger partial charge in [-0.1, -0.05) is 6.42 Å². The predicted molar refractivity (Wildman–Crippen MR) is 97.2 cm³/mol. The Morgan fingerprint density at radius 2 is 2.07 bits per heavy atom. The van der Waals surface area contributed by atoms with E-state index in [1.165, 1.54) is 10.8 Å². The van der Waals surface area contributed by atoms with Crippen molar-refractivity contribution in [2.24, 2.45) is 4.91 Å². The van der Waals surface area contributed by atoms with E-state index in [0.717, 1.165) is 19.3 Å². The van der Waals surface area contributed by atoms with Crippen molar-refractivity contribution in [1.29, 1.82) is 0 Å². The fraction of sp³-hybridized carbons (Fsp3) is 0.706. The zero-order valence-electron chi connectivity index (χ0n) is 15.4. The number of carbonyl (C=O) groups excluding carboxylic acids is 1. The largest absolute Gasteiger partial charge is 0.340 e. The first-order valence-electron chi connectivity index (χ1n) is 9.24. The van der Waals surface area contributed by atoms with Crippen LogP contribution in [0.3, 0.4) is 0 Å². The minimum Gasteiger partial charge on any atom is -0.340 e. The first-order valence-corrected chi connectivity index (χ1v) is 9.69. The van der Waals surface area contributed by atoms with Crippen molar-refractivity contribution < 1.29 is 23.8 Å². The van der Waals surface area contributed by atoms with E-state index in [9.17, 15) is 14.4 Å². The molecule has 1 spiro atoms. The summed E-state index contributed by atoms with van der Waals surface area (Å²) in [4.78, 5) is 47.0. The Morgan fingerprint density at radius 1 is 1.32 bits per heavy atom. The van der Waals surface area contributed by atoms with Gasteiger partial charge < -0.3 is 14.2 Å². The average Bonchev–Trinajstić information content (AvgIpc) is 3.18. The van der Waals surface area contributed by atoms with E-state index in [4.69, 9.17) is 19.0 Å². The molecule has 2 aliphatic heterocycles. The standard InChI is InChI=1S/C17H22N3O7P/c1-10-7-20(15(23)18-13(10)22)14-11-12(16(8-21,27-14)9-24-19-28)26-17(25-11)5-3-2-4-6-17/h7-8,11-12,14,28H,2-6,9H2,1H3,(H,18,22,23)/t11-,12?,14+,16+/m0/s1. The van der Waals surface area contributed by atoms with Crippen molar-refractivity contribution in [3.8, 4) is 0 Å². The van der Waals surface area contributed by atoms with Gasteiger partial charge in [0, 0.05) is 33.6 Å². The summed E-state index contributed by atoms with van der Waals surface area (Å²) >= 11 is 0. The van der Waals surface area contributed by atoms with Crippen LogP contribution in [0.5, 0.6) is 0 Å². The fourth-order valence-corrected chi connectivity index (χ4v) is 4.34. The van der Waals surface area contributed by atoms with E-state index in [2.05, 4.69) is 18.9 Å². The molecule has 0 bridgehead atoms. The molecule has 1 N–H and O–H groups in total. The lowest BCUT2D eigenvalue weighted by Gasteiger charge is -2.35. The van der Waals surface area contributed by atoms with Gasteiger partial charge in [0.25, 0.3) is 5.56 Å². The van der Waals surface area contributed by atoms with Crippen molar-refractivity contribution in [2.75, 3.05) is 6.61 Å². The topological polar surface area (TPSA) is 121 Å². The molecule has 0 radical (unpaired) electrons. The van der Waals surface area contributed by atoms with E-state index in [0.29, 0.717) is 24.7 Å². The highest BCUT2D eigenvalue weighted by Gasteiger charge is 2.66. The Kier molecular flexibility index (Phi) is 5.09. The van der Waals surface area contributed by atoms with Crippen molar-refractivity contribution in [1.82, 2.24) is 9.55 Å². The molecule has 28 heavy (non-hydrogen) atoms. The number of nitrogens with one attached hydrogen (secondary N) is 1. The third-order valence-electron chi connectivity index (χ3n) is 5.68. The van der Waals surface area contributed by atoms with E-state index < -0.39 is 41.1 Å². The smallest absolute Gasteiger partial charge is 0.330 e. The Bertz CT molecular complexity index is 893. The first-order chi connectivity index (χ1) is 13.4. The Hall–Kier alpha value is -1.71. The SMILES string of the molecule is Cc1cn([C@@H]2O[C@](C=O)(CON=P)C3OC4(CCCCC4)O[C@@H]32)c(=O)[nH]c1=O. The number of aromatic nitrogens is 2. The second-order valence-corrected chi connectivity index (χ2v) is 7.70. The normalized spacial score (nSPS) is 33.7. The molecule has 1 saturated carbocycles. The van der Waals surface area contributed by atoms with Crippen molar-refractivity contribution in [2.45, 2.75) is 68.9 Å². The van der Waals surface area contributed by atoms with Crippen LogP contribution < -0.4 is 11.2 Å². The number of carbonyl (C=O) groups is 1. The lowest BCUT2D eigenvalue weighted by atomic mass is 9.94. The van der Waals surface area contributed by atoms with Crippen LogP contribution in [0.2, 0.25) is 0 Å².